The molecule has 0 radical (unpaired) electrons. The van der Waals surface area contributed by atoms with Crippen molar-refractivity contribution in [3.05, 3.63) is 88.6 Å². The average Bonchev–Trinajstić information content (AvgIpc) is 2.94. The summed E-state index contributed by atoms with van der Waals surface area (Å²) in [7, 11) is 4.60. The standard InChI is InChI=1S/C31H34N4O5S/c1-18-12-19(2)14-23(13-18)33-26(36)17-41-31-32-20(3)27(30(37)34-22-10-8-7-9-11-22)28(35-31)21-15-24(38-4)29(40-6)25(16-21)39-5/h7-16,28H,17H2,1-6H3,(H,32,35)(H,33,36)(H,34,37)/t28-/m1/s1. The van der Waals surface area contributed by atoms with Crippen LogP contribution in [0.5, 0.6) is 17.2 Å². The summed E-state index contributed by atoms with van der Waals surface area (Å²) in [6.07, 6.45) is 0. The van der Waals surface area contributed by atoms with Crippen LogP contribution in [-0.2, 0) is 9.59 Å². The van der Waals surface area contributed by atoms with Crippen molar-refractivity contribution in [2.75, 3.05) is 37.7 Å². The van der Waals surface area contributed by atoms with Crippen LogP contribution in [0.15, 0.2) is 76.9 Å². The van der Waals surface area contributed by atoms with Crippen LogP contribution in [0.2, 0.25) is 0 Å². The van der Waals surface area contributed by atoms with E-state index in [1.54, 1.807) is 12.1 Å². The number of benzene rings is 3. The van der Waals surface area contributed by atoms with E-state index in [1.807, 2.05) is 63.2 Å². The summed E-state index contributed by atoms with van der Waals surface area (Å²) < 4.78 is 16.6. The van der Waals surface area contributed by atoms with E-state index in [9.17, 15) is 9.59 Å². The third kappa shape index (κ3) is 7.20. The minimum Gasteiger partial charge on any atom is -0.493 e. The van der Waals surface area contributed by atoms with Crippen LogP contribution in [-0.4, -0.2) is 44.1 Å². The molecule has 4 rings (SSSR count). The number of thioether (sulfide) groups is 1. The number of nitrogens with one attached hydrogen (secondary N) is 3. The molecule has 0 spiro atoms. The lowest BCUT2D eigenvalue weighted by Crippen LogP contribution is -2.32. The zero-order valence-corrected chi connectivity index (χ0v) is 24.8. The molecule has 1 aliphatic rings. The van der Waals surface area contributed by atoms with E-state index < -0.39 is 6.04 Å². The second kappa shape index (κ2) is 13.3. The molecule has 0 aliphatic carbocycles. The van der Waals surface area contributed by atoms with Gasteiger partial charge in [-0.3, -0.25) is 9.59 Å². The van der Waals surface area contributed by atoms with Gasteiger partial charge in [-0.15, -0.1) is 0 Å². The first kappa shape index (κ1) is 29.5. The van der Waals surface area contributed by atoms with Crippen LogP contribution in [0, 0.1) is 13.8 Å². The third-order valence-corrected chi connectivity index (χ3v) is 7.23. The van der Waals surface area contributed by atoms with Gasteiger partial charge in [-0.1, -0.05) is 36.0 Å². The van der Waals surface area contributed by atoms with Gasteiger partial charge in [-0.25, -0.2) is 4.99 Å². The third-order valence-electron chi connectivity index (χ3n) is 6.34. The zero-order valence-electron chi connectivity index (χ0n) is 24.0. The molecule has 3 N–H and O–H groups in total. The number of amidine groups is 1. The minimum absolute atomic E-state index is 0.125. The first-order chi connectivity index (χ1) is 19.7. The quantitative estimate of drug-likeness (QED) is 0.305. The molecule has 0 fully saturated rings. The monoisotopic (exact) mass is 574 g/mol. The molecule has 41 heavy (non-hydrogen) atoms. The molecule has 1 aliphatic heterocycles. The SMILES string of the molecule is COc1cc([C@H]2N=C(SCC(=O)Nc3cc(C)cc(C)c3)NC(C)=C2C(=O)Nc2ccccc2)cc(OC)c1OC. The van der Waals surface area contributed by atoms with Crippen LogP contribution < -0.4 is 30.2 Å². The van der Waals surface area contributed by atoms with Crippen molar-refractivity contribution in [1.82, 2.24) is 5.32 Å². The van der Waals surface area contributed by atoms with Crippen LogP contribution in [0.25, 0.3) is 0 Å². The number of methoxy groups -OCH3 is 3. The number of hydrogen-bond donors (Lipinski definition) is 3. The second-order valence-electron chi connectivity index (χ2n) is 9.49. The van der Waals surface area contributed by atoms with Crippen LogP contribution in [0.4, 0.5) is 11.4 Å². The fourth-order valence-corrected chi connectivity index (χ4v) is 5.36. The van der Waals surface area contributed by atoms with Crippen molar-refractivity contribution in [2.45, 2.75) is 26.8 Å². The largest absolute Gasteiger partial charge is 0.493 e. The molecule has 3 aromatic carbocycles. The predicted octanol–water partition coefficient (Wildman–Crippen LogP) is 5.61. The molecule has 10 heteroatoms. The van der Waals surface area contributed by atoms with Gasteiger partial charge < -0.3 is 30.2 Å². The van der Waals surface area contributed by atoms with E-state index in [4.69, 9.17) is 19.2 Å². The predicted molar refractivity (Wildman–Crippen MR) is 164 cm³/mol. The summed E-state index contributed by atoms with van der Waals surface area (Å²) in [4.78, 5) is 31.3. The number of hydrogen-bond acceptors (Lipinski definition) is 8. The zero-order chi connectivity index (χ0) is 29.5. The van der Waals surface area contributed by atoms with Gasteiger partial charge in [0, 0.05) is 17.1 Å². The number of ether oxygens (including phenoxy) is 3. The number of aliphatic imine (C=N–C) groups is 1. The number of carbonyl (C=O) groups excluding carboxylic acids is 2. The molecular formula is C31H34N4O5S. The normalized spacial score (nSPS) is 14.5. The summed E-state index contributed by atoms with van der Waals surface area (Å²) in [6.45, 7) is 5.79. The van der Waals surface area contributed by atoms with E-state index in [0.29, 0.717) is 44.9 Å². The number of carbonyl (C=O) groups is 2. The summed E-state index contributed by atoms with van der Waals surface area (Å²) in [6, 6.07) is 18.0. The molecule has 0 bridgehead atoms. The fraction of sp³-hybridized carbons (Fsp3) is 0.258. The molecule has 2 amide bonds. The summed E-state index contributed by atoms with van der Waals surface area (Å²) in [5.41, 5.74) is 5.25. The van der Waals surface area contributed by atoms with Crippen molar-refractivity contribution < 1.29 is 23.8 Å². The minimum atomic E-state index is -0.710. The molecule has 0 saturated carbocycles. The summed E-state index contributed by atoms with van der Waals surface area (Å²) in [5.74, 6) is 0.976. The van der Waals surface area contributed by atoms with E-state index >= 15 is 0 Å². The molecular weight excluding hydrogens is 540 g/mol. The van der Waals surface area contributed by atoms with Crippen molar-refractivity contribution in [2.24, 2.45) is 4.99 Å². The first-order valence-electron chi connectivity index (χ1n) is 12.9. The first-order valence-corrected chi connectivity index (χ1v) is 13.9. The highest BCUT2D eigenvalue weighted by Crippen LogP contribution is 2.43. The van der Waals surface area contributed by atoms with Crippen LogP contribution in [0.3, 0.4) is 0 Å². The second-order valence-corrected chi connectivity index (χ2v) is 10.5. The highest BCUT2D eigenvalue weighted by atomic mass is 32.2. The summed E-state index contributed by atoms with van der Waals surface area (Å²) in [5, 5.41) is 9.63. The van der Waals surface area contributed by atoms with Crippen molar-refractivity contribution >= 4 is 40.1 Å². The Balaban J connectivity index is 1.64. The Bertz CT molecular complexity index is 1460. The number of anilines is 2. The number of allylic oxidation sites excluding steroid dienone is 1. The maximum atomic E-state index is 13.6. The van der Waals surface area contributed by atoms with Gasteiger partial charge in [-0.05, 0) is 73.9 Å². The molecule has 0 aromatic heterocycles. The smallest absolute Gasteiger partial charge is 0.255 e. The van der Waals surface area contributed by atoms with Crippen molar-refractivity contribution in [1.29, 1.82) is 0 Å². The van der Waals surface area contributed by atoms with Gasteiger partial charge in [0.25, 0.3) is 5.91 Å². The highest BCUT2D eigenvalue weighted by molar-refractivity contribution is 8.14. The Morgan fingerprint density at radius 1 is 0.854 bits per heavy atom. The Hall–Kier alpha value is -4.44. The molecule has 1 heterocycles. The lowest BCUT2D eigenvalue weighted by atomic mass is 9.95. The van der Waals surface area contributed by atoms with Gasteiger partial charge in [0.15, 0.2) is 16.7 Å². The van der Waals surface area contributed by atoms with Gasteiger partial charge in [0.2, 0.25) is 11.7 Å². The van der Waals surface area contributed by atoms with Gasteiger partial charge in [0.05, 0.1) is 32.7 Å². The van der Waals surface area contributed by atoms with Crippen LogP contribution in [0.1, 0.15) is 29.7 Å². The maximum Gasteiger partial charge on any atom is 0.255 e. The number of rotatable bonds is 9. The van der Waals surface area contributed by atoms with Crippen molar-refractivity contribution in [3.8, 4) is 17.2 Å². The lowest BCUT2D eigenvalue weighted by Gasteiger charge is -2.27. The molecule has 0 saturated heterocycles. The fourth-order valence-electron chi connectivity index (χ4n) is 4.61. The van der Waals surface area contributed by atoms with Gasteiger partial charge >= 0.3 is 0 Å². The topological polar surface area (TPSA) is 110 Å². The number of nitrogens with zero attached hydrogens (tertiary/aromatic N) is 1. The molecule has 3 aromatic rings. The Labute approximate surface area is 244 Å². The number of para-hydroxylation sites is 1. The van der Waals surface area contributed by atoms with Crippen LogP contribution >= 0.6 is 11.8 Å². The van der Waals surface area contributed by atoms with Crippen molar-refractivity contribution in [3.63, 3.8) is 0 Å². The number of aryl methyl sites for hydroxylation is 2. The maximum absolute atomic E-state index is 13.6. The van der Waals surface area contributed by atoms with E-state index in [-0.39, 0.29) is 17.6 Å². The molecule has 0 unspecified atom stereocenters. The summed E-state index contributed by atoms with van der Waals surface area (Å²) >= 11 is 1.25. The van der Waals surface area contributed by atoms with Gasteiger partial charge in [-0.2, -0.15) is 0 Å². The highest BCUT2D eigenvalue weighted by Gasteiger charge is 2.31. The Kier molecular flexibility index (Phi) is 9.57. The Morgan fingerprint density at radius 2 is 1.49 bits per heavy atom. The number of amides is 2. The molecule has 214 valence electrons. The average molecular weight is 575 g/mol. The van der Waals surface area contributed by atoms with E-state index in [1.165, 1.54) is 33.1 Å². The van der Waals surface area contributed by atoms with E-state index in [2.05, 4.69) is 22.0 Å². The Morgan fingerprint density at radius 3 is 2.07 bits per heavy atom. The van der Waals surface area contributed by atoms with Gasteiger partial charge in [0.1, 0.15) is 6.04 Å². The lowest BCUT2D eigenvalue weighted by molar-refractivity contribution is -0.114. The van der Waals surface area contributed by atoms with E-state index in [0.717, 1.165) is 16.8 Å². The molecule has 9 nitrogen and oxygen atoms in total. The molecule has 1 atom stereocenters.